The van der Waals surface area contributed by atoms with Crippen LogP contribution in [-0.2, 0) is 19.1 Å². The summed E-state index contributed by atoms with van der Waals surface area (Å²) in [7, 11) is 0.128. The number of benzene rings is 1. The van der Waals surface area contributed by atoms with Crippen molar-refractivity contribution in [2.24, 2.45) is 0 Å². The Balaban J connectivity index is 2.79. The van der Waals surface area contributed by atoms with E-state index in [1.807, 2.05) is 0 Å². The largest absolute Gasteiger partial charge is 0.467 e. The molecule has 1 atom stereocenters. The standard InChI is InChI=1S/C16H25NO4Si/c1-12(18)17-14-8-6-13(7-9-14)15(16(19)20-2)21-10-11-22(3,4)5/h6-9,15H,10-11H2,1-5H3,(H,17,18)/t15-/m1/s1. The Morgan fingerprint density at radius 1 is 1.18 bits per heavy atom. The van der Waals surface area contributed by atoms with E-state index in [0.717, 1.165) is 11.6 Å². The fraction of sp³-hybridized carbons (Fsp3) is 0.500. The van der Waals surface area contributed by atoms with E-state index in [1.54, 1.807) is 24.3 Å². The summed E-state index contributed by atoms with van der Waals surface area (Å²) in [5.74, 6) is -0.550. The van der Waals surface area contributed by atoms with Crippen LogP contribution in [0.1, 0.15) is 18.6 Å². The number of carbonyl (C=O) groups excluding carboxylic acids is 2. The molecule has 0 spiro atoms. The van der Waals surface area contributed by atoms with Gasteiger partial charge in [0.15, 0.2) is 6.10 Å². The zero-order valence-electron chi connectivity index (χ0n) is 13.9. The first-order valence-corrected chi connectivity index (χ1v) is 11.0. The highest BCUT2D eigenvalue weighted by Crippen LogP contribution is 2.22. The molecule has 5 nitrogen and oxygen atoms in total. The van der Waals surface area contributed by atoms with Gasteiger partial charge in [-0.25, -0.2) is 4.79 Å². The summed E-state index contributed by atoms with van der Waals surface area (Å²) in [6, 6.07) is 8.00. The van der Waals surface area contributed by atoms with Crippen molar-refractivity contribution >= 4 is 25.6 Å². The van der Waals surface area contributed by atoms with Crippen molar-refractivity contribution in [3.05, 3.63) is 29.8 Å². The number of amides is 1. The van der Waals surface area contributed by atoms with Gasteiger partial charge in [-0.1, -0.05) is 31.8 Å². The maximum Gasteiger partial charge on any atom is 0.339 e. The van der Waals surface area contributed by atoms with Gasteiger partial charge in [-0.05, 0) is 23.7 Å². The fourth-order valence-corrected chi connectivity index (χ4v) is 2.57. The highest BCUT2D eigenvalue weighted by Gasteiger charge is 2.23. The molecule has 0 saturated carbocycles. The van der Waals surface area contributed by atoms with Crippen molar-refractivity contribution in [3.63, 3.8) is 0 Å². The molecule has 1 aromatic carbocycles. The van der Waals surface area contributed by atoms with Gasteiger partial charge >= 0.3 is 5.97 Å². The average Bonchev–Trinajstić information content (AvgIpc) is 2.42. The van der Waals surface area contributed by atoms with Crippen LogP contribution >= 0.6 is 0 Å². The summed E-state index contributed by atoms with van der Waals surface area (Å²) in [6.45, 7) is 8.75. The zero-order chi connectivity index (χ0) is 16.8. The molecule has 0 aliphatic heterocycles. The second-order valence-electron chi connectivity index (χ2n) is 6.39. The van der Waals surface area contributed by atoms with Crippen LogP contribution < -0.4 is 5.32 Å². The maximum absolute atomic E-state index is 11.9. The molecule has 22 heavy (non-hydrogen) atoms. The van der Waals surface area contributed by atoms with E-state index in [4.69, 9.17) is 9.47 Å². The van der Waals surface area contributed by atoms with E-state index in [2.05, 4.69) is 25.0 Å². The Morgan fingerprint density at radius 2 is 1.77 bits per heavy atom. The lowest BCUT2D eigenvalue weighted by molar-refractivity contribution is -0.154. The van der Waals surface area contributed by atoms with Gasteiger partial charge in [-0.2, -0.15) is 0 Å². The van der Waals surface area contributed by atoms with E-state index in [0.29, 0.717) is 12.3 Å². The zero-order valence-corrected chi connectivity index (χ0v) is 14.9. The molecule has 0 bridgehead atoms. The van der Waals surface area contributed by atoms with Crippen molar-refractivity contribution in [2.75, 3.05) is 19.0 Å². The summed E-state index contributed by atoms with van der Waals surface area (Å²) < 4.78 is 10.6. The monoisotopic (exact) mass is 323 g/mol. The van der Waals surface area contributed by atoms with Crippen LogP contribution in [0, 0.1) is 0 Å². The first-order chi connectivity index (χ1) is 10.2. The normalized spacial score (nSPS) is 12.6. The van der Waals surface area contributed by atoms with Crippen molar-refractivity contribution in [1.29, 1.82) is 0 Å². The van der Waals surface area contributed by atoms with Gasteiger partial charge in [0.05, 0.1) is 7.11 Å². The molecule has 0 fully saturated rings. The molecule has 6 heteroatoms. The number of rotatable bonds is 7. The summed E-state index contributed by atoms with van der Waals surface area (Å²) >= 11 is 0. The lowest BCUT2D eigenvalue weighted by Crippen LogP contribution is -2.24. The number of esters is 1. The first-order valence-electron chi connectivity index (χ1n) is 7.30. The number of nitrogens with one attached hydrogen (secondary N) is 1. The van der Waals surface area contributed by atoms with E-state index < -0.39 is 20.1 Å². The molecule has 0 aliphatic carbocycles. The molecule has 0 saturated heterocycles. The summed E-state index contributed by atoms with van der Waals surface area (Å²) in [5.41, 5.74) is 1.40. The minimum Gasteiger partial charge on any atom is -0.467 e. The predicted octanol–water partition coefficient (Wildman–Crippen LogP) is 3.21. The number of carbonyl (C=O) groups is 2. The van der Waals surface area contributed by atoms with E-state index >= 15 is 0 Å². The van der Waals surface area contributed by atoms with Gasteiger partial charge in [-0.3, -0.25) is 4.79 Å². The smallest absolute Gasteiger partial charge is 0.339 e. The van der Waals surface area contributed by atoms with Gasteiger partial charge in [0.1, 0.15) is 0 Å². The minimum absolute atomic E-state index is 0.136. The molecule has 0 unspecified atom stereocenters. The van der Waals surface area contributed by atoms with Gasteiger partial charge in [0.2, 0.25) is 5.91 Å². The molecule has 1 aromatic rings. The number of anilines is 1. The Labute approximate surface area is 133 Å². The molecular formula is C16H25NO4Si. The van der Waals surface area contributed by atoms with Crippen molar-refractivity contribution in [3.8, 4) is 0 Å². The average molecular weight is 323 g/mol. The molecule has 1 amide bonds. The molecule has 0 aromatic heterocycles. The molecular weight excluding hydrogens is 298 g/mol. The number of ether oxygens (including phenoxy) is 2. The van der Waals surface area contributed by atoms with Gasteiger partial charge in [0, 0.05) is 27.3 Å². The number of hydrogen-bond acceptors (Lipinski definition) is 4. The first kappa shape index (κ1) is 18.4. The van der Waals surface area contributed by atoms with Gasteiger partial charge < -0.3 is 14.8 Å². The molecule has 0 aliphatic rings. The highest BCUT2D eigenvalue weighted by molar-refractivity contribution is 6.76. The molecule has 0 heterocycles. The molecule has 0 radical (unpaired) electrons. The third-order valence-corrected chi connectivity index (χ3v) is 4.79. The Kier molecular flexibility index (Phi) is 6.77. The predicted molar refractivity (Wildman–Crippen MR) is 89.6 cm³/mol. The summed E-state index contributed by atoms with van der Waals surface area (Å²) in [4.78, 5) is 22.9. The second kappa shape index (κ2) is 8.10. The SMILES string of the molecule is COC(=O)[C@H](OCC[Si](C)(C)C)c1ccc(NC(C)=O)cc1. The van der Waals surface area contributed by atoms with Crippen molar-refractivity contribution in [1.82, 2.24) is 0 Å². The van der Waals surface area contributed by atoms with Crippen LogP contribution in [0.4, 0.5) is 5.69 Å². The third-order valence-electron chi connectivity index (χ3n) is 3.09. The summed E-state index contributed by atoms with van der Waals surface area (Å²) in [5, 5.41) is 2.69. The van der Waals surface area contributed by atoms with Crippen LogP contribution in [-0.4, -0.2) is 33.7 Å². The van der Waals surface area contributed by atoms with E-state index in [-0.39, 0.29) is 5.91 Å². The number of methoxy groups -OCH3 is 1. The maximum atomic E-state index is 11.9. The topological polar surface area (TPSA) is 64.6 Å². The Morgan fingerprint density at radius 3 is 2.23 bits per heavy atom. The van der Waals surface area contributed by atoms with Crippen LogP contribution in [0.15, 0.2) is 24.3 Å². The second-order valence-corrected chi connectivity index (χ2v) is 12.0. The van der Waals surface area contributed by atoms with Gasteiger partial charge in [0.25, 0.3) is 0 Å². The fourth-order valence-electron chi connectivity index (χ4n) is 1.83. The Hall–Kier alpha value is -1.66. The minimum atomic E-state index is -1.22. The van der Waals surface area contributed by atoms with Crippen molar-refractivity contribution < 1.29 is 19.1 Å². The van der Waals surface area contributed by atoms with Gasteiger partial charge in [-0.15, -0.1) is 0 Å². The quantitative estimate of drug-likeness (QED) is 0.618. The lowest BCUT2D eigenvalue weighted by Gasteiger charge is -2.20. The third kappa shape index (κ3) is 6.40. The van der Waals surface area contributed by atoms with E-state index in [9.17, 15) is 9.59 Å². The highest BCUT2D eigenvalue weighted by atomic mass is 28.3. The number of hydrogen-bond donors (Lipinski definition) is 1. The molecule has 1 rings (SSSR count). The van der Waals surface area contributed by atoms with Crippen LogP contribution in [0.25, 0.3) is 0 Å². The van der Waals surface area contributed by atoms with Crippen LogP contribution in [0.5, 0.6) is 0 Å². The molecule has 122 valence electrons. The van der Waals surface area contributed by atoms with Crippen molar-refractivity contribution in [2.45, 2.75) is 38.7 Å². The lowest BCUT2D eigenvalue weighted by atomic mass is 10.1. The molecule has 1 N–H and O–H groups in total. The van der Waals surface area contributed by atoms with Crippen LogP contribution in [0.3, 0.4) is 0 Å². The Bertz CT molecular complexity index is 508. The van der Waals surface area contributed by atoms with E-state index in [1.165, 1.54) is 14.0 Å². The summed E-state index contributed by atoms with van der Waals surface area (Å²) in [6.07, 6.45) is -0.729. The van der Waals surface area contributed by atoms with Crippen LogP contribution in [0.2, 0.25) is 25.7 Å².